The molecule has 0 radical (unpaired) electrons. The van der Waals surface area contributed by atoms with Gasteiger partial charge in [-0.1, -0.05) is 0 Å². The topological polar surface area (TPSA) is 91.2 Å². The van der Waals surface area contributed by atoms with E-state index < -0.39 is 16.0 Å². The Morgan fingerprint density at radius 2 is 2.22 bits per heavy atom. The van der Waals surface area contributed by atoms with E-state index in [1.165, 1.54) is 19.2 Å². The molecule has 0 heterocycles. The van der Waals surface area contributed by atoms with Crippen molar-refractivity contribution in [3.8, 4) is 6.07 Å². The first kappa shape index (κ1) is 14.4. The number of nitrogens with one attached hydrogen (secondary N) is 2. The average Bonchev–Trinajstić information content (AvgIpc) is 2.31. The van der Waals surface area contributed by atoms with E-state index in [1.807, 2.05) is 4.72 Å². The maximum atomic E-state index is 13.4. The van der Waals surface area contributed by atoms with Crippen LogP contribution < -0.4 is 9.44 Å². The lowest BCUT2D eigenvalue weighted by Crippen LogP contribution is -2.32. The van der Waals surface area contributed by atoms with Gasteiger partial charge in [0.15, 0.2) is 0 Å². The molecule has 0 spiro atoms. The Morgan fingerprint density at radius 3 is 2.78 bits per heavy atom. The van der Waals surface area contributed by atoms with Gasteiger partial charge in [-0.2, -0.15) is 18.4 Å². The van der Waals surface area contributed by atoms with Crippen LogP contribution >= 0.6 is 0 Å². The molecule has 18 heavy (non-hydrogen) atoms. The molecule has 1 aromatic carbocycles. The molecular weight excluding hydrogens is 261 g/mol. The van der Waals surface area contributed by atoms with Crippen LogP contribution in [0.15, 0.2) is 18.2 Å². The molecule has 0 aliphatic carbocycles. The average molecular weight is 273 g/mol. The zero-order valence-electron chi connectivity index (χ0n) is 9.60. The van der Waals surface area contributed by atoms with Crippen molar-refractivity contribution < 1.29 is 17.5 Å². The van der Waals surface area contributed by atoms with Gasteiger partial charge < -0.3 is 4.74 Å². The Hall–Kier alpha value is -1.69. The SMILES string of the molecule is COCCNS(=O)(=O)Nc1ccc(C#N)cc1F. The lowest BCUT2D eigenvalue weighted by atomic mass is 10.2. The summed E-state index contributed by atoms with van der Waals surface area (Å²) in [6.45, 7) is 0.278. The zero-order chi connectivity index (χ0) is 13.6. The van der Waals surface area contributed by atoms with Crippen LogP contribution in [0.1, 0.15) is 5.56 Å². The highest BCUT2D eigenvalue weighted by Gasteiger charge is 2.12. The Balaban J connectivity index is 2.75. The number of nitrogens with zero attached hydrogens (tertiary/aromatic N) is 1. The van der Waals surface area contributed by atoms with E-state index in [4.69, 9.17) is 5.26 Å². The Labute approximate surface area is 105 Å². The second-order valence-corrected chi connectivity index (χ2v) is 4.80. The smallest absolute Gasteiger partial charge is 0.299 e. The Kier molecular flexibility index (Phi) is 5.03. The number of rotatable bonds is 6. The molecule has 0 unspecified atom stereocenters. The van der Waals surface area contributed by atoms with Crippen molar-refractivity contribution >= 4 is 15.9 Å². The minimum Gasteiger partial charge on any atom is -0.383 e. The molecule has 1 rings (SSSR count). The maximum absolute atomic E-state index is 13.4. The summed E-state index contributed by atoms with van der Waals surface area (Å²) in [7, 11) is -2.42. The molecule has 1 aromatic rings. The second kappa shape index (κ2) is 6.30. The van der Waals surface area contributed by atoms with Gasteiger partial charge in [0.05, 0.1) is 23.9 Å². The third-order valence-electron chi connectivity index (χ3n) is 1.94. The number of methoxy groups -OCH3 is 1. The van der Waals surface area contributed by atoms with Crippen molar-refractivity contribution in [3.05, 3.63) is 29.6 Å². The van der Waals surface area contributed by atoms with Crippen LogP contribution in [-0.2, 0) is 14.9 Å². The van der Waals surface area contributed by atoms with Crippen LogP contribution in [0.25, 0.3) is 0 Å². The van der Waals surface area contributed by atoms with Gasteiger partial charge in [0.1, 0.15) is 5.82 Å². The summed E-state index contributed by atoms with van der Waals surface area (Å²) in [4.78, 5) is 0. The summed E-state index contributed by atoms with van der Waals surface area (Å²) < 4.78 is 45.2. The number of ether oxygens (including phenoxy) is 1. The van der Waals surface area contributed by atoms with Gasteiger partial charge in [0, 0.05) is 13.7 Å². The number of hydrogen-bond acceptors (Lipinski definition) is 4. The largest absolute Gasteiger partial charge is 0.383 e. The monoisotopic (exact) mass is 273 g/mol. The minimum atomic E-state index is -3.85. The molecule has 8 heteroatoms. The van der Waals surface area contributed by atoms with Crippen LogP contribution in [0.2, 0.25) is 0 Å². The van der Waals surface area contributed by atoms with Crippen LogP contribution in [0, 0.1) is 17.1 Å². The lowest BCUT2D eigenvalue weighted by molar-refractivity contribution is 0.204. The fourth-order valence-electron chi connectivity index (χ4n) is 1.13. The molecule has 0 aliphatic heterocycles. The van der Waals surface area contributed by atoms with E-state index in [2.05, 4.69) is 9.46 Å². The molecule has 0 aliphatic rings. The Bertz CT molecular complexity index is 554. The summed E-state index contributed by atoms with van der Waals surface area (Å²) in [5.74, 6) is -0.814. The highest BCUT2D eigenvalue weighted by atomic mass is 32.2. The molecule has 0 aromatic heterocycles. The summed E-state index contributed by atoms with van der Waals surface area (Å²) >= 11 is 0. The van der Waals surface area contributed by atoms with Crippen LogP contribution in [0.5, 0.6) is 0 Å². The van der Waals surface area contributed by atoms with Gasteiger partial charge in [-0.25, -0.2) is 4.39 Å². The van der Waals surface area contributed by atoms with Crippen molar-refractivity contribution in [3.63, 3.8) is 0 Å². The molecule has 98 valence electrons. The molecule has 0 amide bonds. The van der Waals surface area contributed by atoms with E-state index >= 15 is 0 Å². The normalized spacial score (nSPS) is 10.9. The predicted molar refractivity (Wildman–Crippen MR) is 63.5 cm³/mol. The molecule has 0 bridgehead atoms. The van der Waals surface area contributed by atoms with Gasteiger partial charge in [-0.15, -0.1) is 0 Å². The Morgan fingerprint density at radius 1 is 1.50 bits per heavy atom. The van der Waals surface area contributed by atoms with Crippen molar-refractivity contribution in [2.45, 2.75) is 0 Å². The van der Waals surface area contributed by atoms with Crippen molar-refractivity contribution in [1.82, 2.24) is 4.72 Å². The fraction of sp³-hybridized carbons (Fsp3) is 0.300. The first-order chi connectivity index (χ1) is 8.48. The predicted octanol–water partition coefficient (Wildman–Crippen LogP) is 0.590. The second-order valence-electron chi connectivity index (χ2n) is 3.30. The van der Waals surface area contributed by atoms with E-state index in [9.17, 15) is 12.8 Å². The number of hydrogen-bond donors (Lipinski definition) is 2. The number of benzene rings is 1. The number of anilines is 1. The summed E-state index contributed by atoms with van der Waals surface area (Å²) in [6, 6.07) is 5.20. The van der Waals surface area contributed by atoms with Crippen LogP contribution in [0.4, 0.5) is 10.1 Å². The van der Waals surface area contributed by atoms with Gasteiger partial charge >= 0.3 is 0 Å². The van der Waals surface area contributed by atoms with Gasteiger partial charge in [-0.05, 0) is 18.2 Å². The van der Waals surface area contributed by atoms with Crippen molar-refractivity contribution in [1.29, 1.82) is 5.26 Å². The lowest BCUT2D eigenvalue weighted by Gasteiger charge is -2.09. The van der Waals surface area contributed by atoms with Gasteiger partial charge in [-0.3, -0.25) is 4.72 Å². The van der Waals surface area contributed by atoms with Crippen molar-refractivity contribution in [2.75, 3.05) is 25.0 Å². The maximum Gasteiger partial charge on any atom is 0.299 e. The standard InChI is InChI=1S/C10H12FN3O3S/c1-17-5-4-13-18(15,16)14-10-3-2-8(7-12)6-9(10)11/h2-3,6,13-14H,4-5H2,1H3. The number of nitriles is 1. The van der Waals surface area contributed by atoms with E-state index in [1.54, 1.807) is 6.07 Å². The van der Waals surface area contributed by atoms with Crippen LogP contribution in [-0.4, -0.2) is 28.7 Å². The number of halogens is 1. The fourth-order valence-corrected chi connectivity index (χ4v) is 2.01. The molecule has 2 N–H and O–H groups in total. The van der Waals surface area contributed by atoms with Crippen LogP contribution in [0.3, 0.4) is 0 Å². The van der Waals surface area contributed by atoms with Gasteiger partial charge in [0.2, 0.25) is 0 Å². The molecule has 0 saturated carbocycles. The first-order valence-electron chi connectivity index (χ1n) is 4.94. The van der Waals surface area contributed by atoms with E-state index in [-0.39, 0.29) is 24.4 Å². The molecular formula is C10H12FN3O3S. The third-order valence-corrected chi connectivity index (χ3v) is 3.01. The molecule has 6 nitrogen and oxygen atoms in total. The summed E-state index contributed by atoms with van der Waals surface area (Å²) in [5.41, 5.74) is -0.110. The summed E-state index contributed by atoms with van der Waals surface area (Å²) in [5, 5.41) is 8.55. The highest BCUT2D eigenvalue weighted by molar-refractivity contribution is 7.90. The molecule has 0 saturated heterocycles. The van der Waals surface area contributed by atoms with E-state index in [0.29, 0.717) is 0 Å². The third kappa shape index (κ3) is 4.29. The molecule has 0 fully saturated rings. The summed E-state index contributed by atoms with van der Waals surface area (Å²) in [6.07, 6.45) is 0. The first-order valence-corrected chi connectivity index (χ1v) is 6.43. The van der Waals surface area contributed by atoms with Gasteiger partial charge in [0.25, 0.3) is 10.2 Å². The zero-order valence-corrected chi connectivity index (χ0v) is 10.4. The quantitative estimate of drug-likeness (QED) is 0.742. The minimum absolute atomic E-state index is 0.0731. The molecule has 0 atom stereocenters. The van der Waals surface area contributed by atoms with Crippen molar-refractivity contribution in [2.24, 2.45) is 0 Å². The van der Waals surface area contributed by atoms with E-state index in [0.717, 1.165) is 6.07 Å². The highest BCUT2D eigenvalue weighted by Crippen LogP contribution is 2.16.